The fraction of sp³-hybridized carbons (Fsp3) is 0.294. The van der Waals surface area contributed by atoms with Gasteiger partial charge in [0.25, 0.3) is 10.0 Å². The molecule has 10 heteroatoms. The minimum Gasteiger partial charge on any atom is -0.381 e. The van der Waals surface area contributed by atoms with Gasteiger partial charge in [0.05, 0.1) is 5.56 Å². The molecule has 140 valence electrons. The molecule has 1 saturated heterocycles. The van der Waals surface area contributed by atoms with Crippen molar-refractivity contribution in [2.24, 2.45) is 5.14 Å². The number of nitrogens with zero attached hydrogens (tertiary/aromatic N) is 4. The summed E-state index contributed by atoms with van der Waals surface area (Å²) in [6.45, 7) is 1.55. The second kappa shape index (κ2) is 7.14. The number of aromatic nitrogens is 5. The summed E-state index contributed by atoms with van der Waals surface area (Å²) in [4.78, 5) is 3.94. The summed E-state index contributed by atoms with van der Waals surface area (Å²) >= 11 is 0. The lowest BCUT2D eigenvalue weighted by atomic mass is 9.90. The molecule has 3 heterocycles. The summed E-state index contributed by atoms with van der Waals surface area (Å²) in [6, 6.07) is 9.76. The summed E-state index contributed by atoms with van der Waals surface area (Å²) in [5.41, 5.74) is 2.95. The predicted octanol–water partition coefficient (Wildman–Crippen LogP) is 1.47. The summed E-state index contributed by atoms with van der Waals surface area (Å²) < 4.78 is 29.4. The molecule has 0 radical (unpaired) electrons. The normalized spacial score (nSPS) is 15.7. The number of nitrogens with one attached hydrogen (secondary N) is 1. The first-order chi connectivity index (χ1) is 13.0. The topological polar surface area (TPSA) is 137 Å². The van der Waals surface area contributed by atoms with Gasteiger partial charge < -0.3 is 4.74 Å². The third-order valence-electron chi connectivity index (χ3n) is 4.68. The van der Waals surface area contributed by atoms with Crippen LogP contribution in [0.2, 0.25) is 0 Å². The molecule has 0 bridgehead atoms. The van der Waals surface area contributed by atoms with E-state index in [-0.39, 0.29) is 16.4 Å². The lowest BCUT2D eigenvalue weighted by Gasteiger charge is -2.22. The molecule has 3 aromatic rings. The number of rotatable bonds is 4. The van der Waals surface area contributed by atoms with Gasteiger partial charge in [-0.3, -0.25) is 0 Å². The molecule has 1 fully saturated rings. The van der Waals surface area contributed by atoms with Crippen LogP contribution in [0.25, 0.3) is 22.5 Å². The van der Waals surface area contributed by atoms with Crippen LogP contribution in [0.15, 0.2) is 41.6 Å². The summed E-state index contributed by atoms with van der Waals surface area (Å²) in [6.07, 6.45) is 3.41. The second-order valence-electron chi connectivity index (χ2n) is 6.34. The van der Waals surface area contributed by atoms with Gasteiger partial charge in [-0.05, 0) is 51.9 Å². The van der Waals surface area contributed by atoms with E-state index in [1.165, 1.54) is 11.8 Å². The third-order valence-corrected chi connectivity index (χ3v) is 5.53. The quantitative estimate of drug-likeness (QED) is 0.692. The lowest BCUT2D eigenvalue weighted by Crippen LogP contribution is -2.16. The highest BCUT2D eigenvalue weighted by Crippen LogP contribution is 2.35. The molecule has 0 unspecified atom stereocenters. The van der Waals surface area contributed by atoms with E-state index in [0.29, 0.717) is 11.5 Å². The minimum atomic E-state index is -4.06. The lowest BCUT2D eigenvalue weighted by molar-refractivity contribution is 0.0853. The fourth-order valence-corrected chi connectivity index (χ4v) is 4.06. The van der Waals surface area contributed by atoms with E-state index in [1.54, 1.807) is 6.07 Å². The van der Waals surface area contributed by atoms with Crippen LogP contribution < -0.4 is 5.14 Å². The molecule has 1 aliphatic heterocycles. The van der Waals surface area contributed by atoms with E-state index in [1.807, 2.05) is 12.1 Å². The number of primary sulfonamides is 1. The van der Waals surface area contributed by atoms with Crippen molar-refractivity contribution >= 4 is 10.0 Å². The summed E-state index contributed by atoms with van der Waals surface area (Å²) in [5, 5.41) is 18.6. The molecule has 27 heavy (non-hydrogen) atoms. The number of tetrazole rings is 1. The molecule has 1 aromatic carbocycles. The Bertz CT molecular complexity index is 1030. The number of hydrogen-bond donors (Lipinski definition) is 2. The second-order valence-corrected chi connectivity index (χ2v) is 7.82. The molecule has 0 aliphatic carbocycles. The number of aromatic amines is 1. The Labute approximate surface area is 156 Å². The van der Waals surface area contributed by atoms with Gasteiger partial charge in [0.2, 0.25) is 0 Å². The maximum Gasteiger partial charge on any atom is 0.256 e. The Balaban J connectivity index is 1.80. The summed E-state index contributed by atoms with van der Waals surface area (Å²) in [5.74, 6) is 0.666. The van der Waals surface area contributed by atoms with Gasteiger partial charge in [-0.2, -0.15) is 0 Å². The Morgan fingerprint density at radius 2 is 1.85 bits per heavy atom. The van der Waals surface area contributed by atoms with Crippen molar-refractivity contribution in [1.29, 1.82) is 0 Å². The molecule has 3 N–H and O–H groups in total. The first-order valence-corrected chi connectivity index (χ1v) is 10.0. The van der Waals surface area contributed by atoms with E-state index in [0.717, 1.165) is 31.6 Å². The van der Waals surface area contributed by atoms with Gasteiger partial charge >= 0.3 is 0 Å². The van der Waals surface area contributed by atoms with Crippen LogP contribution in [0.4, 0.5) is 0 Å². The standard InChI is InChI=1S/C17H18N6O3S/c18-27(24,25)17-15(16-20-22-23-21-16)14(5-8-19-17)13-3-1-11(2-4-13)12-6-9-26-10-7-12/h1-5,8,12H,6-7,9-10H2,(H2,18,24,25)(H,20,21,22,23). The number of benzene rings is 1. The SMILES string of the molecule is NS(=O)(=O)c1nccc(-c2ccc(C3CCOCC3)cc2)c1-c1nnn[nH]1. The van der Waals surface area contributed by atoms with Gasteiger partial charge in [-0.15, -0.1) is 5.10 Å². The monoisotopic (exact) mass is 386 g/mol. The number of nitrogens with two attached hydrogens (primary N) is 1. The molecular formula is C17H18N6O3S. The molecule has 0 saturated carbocycles. The van der Waals surface area contributed by atoms with Gasteiger partial charge in [0, 0.05) is 19.4 Å². The Kier molecular flexibility index (Phi) is 4.68. The molecule has 9 nitrogen and oxygen atoms in total. The van der Waals surface area contributed by atoms with Crippen molar-refractivity contribution in [3.05, 3.63) is 42.1 Å². The number of ether oxygens (including phenoxy) is 1. The van der Waals surface area contributed by atoms with Crippen LogP contribution >= 0.6 is 0 Å². The van der Waals surface area contributed by atoms with E-state index < -0.39 is 10.0 Å². The minimum absolute atomic E-state index is 0.190. The average Bonchev–Trinajstić information content (AvgIpc) is 3.22. The van der Waals surface area contributed by atoms with Crippen LogP contribution in [-0.2, 0) is 14.8 Å². The first-order valence-electron chi connectivity index (χ1n) is 8.48. The van der Waals surface area contributed by atoms with Crippen molar-refractivity contribution in [3.63, 3.8) is 0 Å². The molecule has 4 rings (SSSR count). The third kappa shape index (κ3) is 3.59. The van der Waals surface area contributed by atoms with Crippen molar-refractivity contribution in [1.82, 2.24) is 25.6 Å². The highest BCUT2D eigenvalue weighted by atomic mass is 32.2. The number of sulfonamides is 1. The molecule has 0 amide bonds. The van der Waals surface area contributed by atoms with Crippen molar-refractivity contribution in [3.8, 4) is 22.5 Å². The van der Waals surface area contributed by atoms with Gasteiger partial charge in [-0.1, -0.05) is 24.3 Å². The zero-order valence-electron chi connectivity index (χ0n) is 14.4. The van der Waals surface area contributed by atoms with Gasteiger partial charge in [0.15, 0.2) is 10.9 Å². The Morgan fingerprint density at radius 1 is 1.11 bits per heavy atom. The van der Waals surface area contributed by atoms with Gasteiger partial charge in [0.1, 0.15) is 0 Å². The van der Waals surface area contributed by atoms with Crippen LogP contribution in [0, 0.1) is 0 Å². The Morgan fingerprint density at radius 3 is 2.48 bits per heavy atom. The number of H-pyrrole nitrogens is 1. The van der Waals surface area contributed by atoms with Crippen molar-refractivity contribution < 1.29 is 13.2 Å². The predicted molar refractivity (Wildman–Crippen MR) is 97.0 cm³/mol. The average molecular weight is 386 g/mol. The van der Waals surface area contributed by atoms with E-state index in [9.17, 15) is 8.42 Å². The highest BCUT2D eigenvalue weighted by Gasteiger charge is 2.24. The molecule has 0 atom stereocenters. The van der Waals surface area contributed by atoms with Crippen LogP contribution in [0.5, 0.6) is 0 Å². The Hall–Kier alpha value is -2.69. The maximum absolute atomic E-state index is 12.0. The molecule has 2 aromatic heterocycles. The zero-order chi connectivity index (χ0) is 18.9. The zero-order valence-corrected chi connectivity index (χ0v) is 15.2. The molecular weight excluding hydrogens is 368 g/mol. The smallest absolute Gasteiger partial charge is 0.256 e. The largest absolute Gasteiger partial charge is 0.381 e. The number of pyridine rings is 1. The fourth-order valence-electron chi connectivity index (χ4n) is 3.36. The number of hydrogen-bond acceptors (Lipinski definition) is 7. The van der Waals surface area contributed by atoms with E-state index in [4.69, 9.17) is 9.88 Å². The maximum atomic E-state index is 12.0. The highest BCUT2D eigenvalue weighted by molar-refractivity contribution is 7.89. The summed E-state index contributed by atoms with van der Waals surface area (Å²) in [7, 11) is -4.06. The molecule has 0 spiro atoms. The van der Waals surface area contributed by atoms with Crippen LogP contribution in [0.3, 0.4) is 0 Å². The van der Waals surface area contributed by atoms with Gasteiger partial charge in [-0.25, -0.2) is 23.6 Å². The van der Waals surface area contributed by atoms with Crippen molar-refractivity contribution in [2.75, 3.05) is 13.2 Å². The molecule has 1 aliphatic rings. The van der Waals surface area contributed by atoms with E-state index >= 15 is 0 Å². The first kappa shape index (κ1) is 17.7. The van der Waals surface area contributed by atoms with Crippen LogP contribution in [-0.4, -0.2) is 47.2 Å². The van der Waals surface area contributed by atoms with E-state index in [2.05, 4.69) is 37.7 Å². The van der Waals surface area contributed by atoms with Crippen molar-refractivity contribution in [2.45, 2.75) is 23.8 Å². The van der Waals surface area contributed by atoms with Crippen LogP contribution in [0.1, 0.15) is 24.3 Å².